The molecule has 1 aliphatic carbocycles. The second kappa shape index (κ2) is 9.43. The van der Waals surface area contributed by atoms with Gasteiger partial charge in [-0.05, 0) is 54.4 Å². The summed E-state index contributed by atoms with van der Waals surface area (Å²) in [6.07, 6.45) is 2.54. The molecule has 6 nitrogen and oxygen atoms in total. The van der Waals surface area contributed by atoms with Gasteiger partial charge >= 0.3 is 5.97 Å². The minimum absolute atomic E-state index is 0.278. The Kier molecular flexibility index (Phi) is 6.34. The predicted octanol–water partition coefficient (Wildman–Crippen LogP) is 6.37. The number of rotatable bonds is 5. The van der Waals surface area contributed by atoms with Crippen molar-refractivity contribution in [1.29, 1.82) is 0 Å². The summed E-state index contributed by atoms with van der Waals surface area (Å²) in [6.45, 7) is 4.15. The van der Waals surface area contributed by atoms with Gasteiger partial charge in [0.2, 0.25) is 0 Å². The zero-order chi connectivity index (χ0) is 24.7. The number of ether oxygens (including phenoxy) is 1. The van der Waals surface area contributed by atoms with Crippen LogP contribution in [0.15, 0.2) is 42.5 Å². The first-order chi connectivity index (χ1) is 16.9. The lowest BCUT2D eigenvalue weighted by atomic mass is 9.83. The number of carbonyl (C=O) groups excluding carboxylic acids is 2. The first-order valence-corrected chi connectivity index (χ1v) is 13.3. The first-order valence-electron chi connectivity index (χ1n) is 11.7. The molecule has 0 saturated heterocycles. The van der Waals surface area contributed by atoms with Crippen molar-refractivity contribution in [3.8, 4) is 0 Å². The molecule has 3 N–H and O–H groups in total. The highest BCUT2D eigenvalue weighted by Crippen LogP contribution is 2.43. The van der Waals surface area contributed by atoms with Crippen LogP contribution in [0, 0.1) is 0 Å². The Labute approximate surface area is 212 Å². The minimum Gasteiger partial charge on any atom is -0.465 e. The van der Waals surface area contributed by atoms with E-state index in [1.54, 1.807) is 0 Å². The van der Waals surface area contributed by atoms with E-state index in [1.807, 2.05) is 18.2 Å². The SMILES string of the molecule is COC(=O)c1c(NC(=O)c2sc3nc(C(C)C)ccc3c2N)sc2c1CCC(c1ccccc1)C2. The maximum Gasteiger partial charge on any atom is 0.341 e. The van der Waals surface area contributed by atoms with Crippen molar-refractivity contribution in [3.63, 3.8) is 0 Å². The van der Waals surface area contributed by atoms with E-state index in [2.05, 4.69) is 48.4 Å². The Morgan fingerprint density at radius 2 is 1.91 bits per heavy atom. The van der Waals surface area contributed by atoms with Gasteiger partial charge in [0.05, 0.1) is 18.4 Å². The molecule has 3 heterocycles. The Morgan fingerprint density at radius 3 is 2.63 bits per heavy atom. The number of fused-ring (bicyclic) bond motifs is 2. The second-order valence-electron chi connectivity index (χ2n) is 9.09. The number of nitrogen functional groups attached to an aromatic ring is 1. The highest BCUT2D eigenvalue weighted by molar-refractivity contribution is 7.21. The lowest BCUT2D eigenvalue weighted by molar-refractivity contribution is 0.0601. The van der Waals surface area contributed by atoms with Crippen LogP contribution in [0.5, 0.6) is 0 Å². The standard InChI is InChI=1S/C27H27N3O3S2/c1-14(2)19-12-11-18-22(28)23(35-25(18)29-19)24(31)30-26-21(27(32)33-3)17-10-9-16(13-20(17)34-26)15-7-5-4-6-8-15/h4-8,11-12,14,16H,9-10,13,28H2,1-3H3,(H,30,31). The number of aromatic nitrogens is 1. The minimum atomic E-state index is -0.427. The molecular formula is C27H27N3O3S2. The number of nitrogens with two attached hydrogens (primary N) is 1. The number of thiophene rings is 2. The van der Waals surface area contributed by atoms with Crippen molar-refractivity contribution in [2.24, 2.45) is 0 Å². The molecule has 5 rings (SSSR count). The fourth-order valence-electron chi connectivity index (χ4n) is 4.66. The quantitative estimate of drug-likeness (QED) is 0.307. The molecule has 1 amide bonds. The lowest BCUT2D eigenvalue weighted by Crippen LogP contribution is -2.16. The normalized spacial score (nSPS) is 15.3. The van der Waals surface area contributed by atoms with Gasteiger partial charge in [-0.25, -0.2) is 9.78 Å². The number of nitrogens with one attached hydrogen (secondary N) is 1. The largest absolute Gasteiger partial charge is 0.465 e. The van der Waals surface area contributed by atoms with Crippen LogP contribution in [0.25, 0.3) is 10.2 Å². The number of carbonyl (C=O) groups is 2. The molecule has 1 unspecified atom stereocenters. The zero-order valence-corrected chi connectivity index (χ0v) is 21.5. The summed E-state index contributed by atoms with van der Waals surface area (Å²) in [5, 5.41) is 4.27. The van der Waals surface area contributed by atoms with Crippen LogP contribution in [-0.4, -0.2) is 24.0 Å². The van der Waals surface area contributed by atoms with Crippen LogP contribution in [-0.2, 0) is 17.6 Å². The molecule has 1 aliphatic rings. The molecule has 4 aromatic rings. The van der Waals surface area contributed by atoms with E-state index in [4.69, 9.17) is 10.5 Å². The number of amides is 1. The zero-order valence-electron chi connectivity index (χ0n) is 19.9. The van der Waals surface area contributed by atoms with Gasteiger partial charge in [0.1, 0.15) is 14.7 Å². The number of benzene rings is 1. The number of hydrogen-bond donors (Lipinski definition) is 2. The average Bonchev–Trinajstić information content (AvgIpc) is 3.40. The monoisotopic (exact) mass is 505 g/mol. The van der Waals surface area contributed by atoms with Crippen LogP contribution in [0.3, 0.4) is 0 Å². The summed E-state index contributed by atoms with van der Waals surface area (Å²) in [5.74, 6) is -0.0981. The lowest BCUT2D eigenvalue weighted by Gasteiger charge is -2.22. The molecular weight excluding hydrogens is 478 g/mol. The second-order valence-corrected chi connectivity index (χ2v) is 11.2. The molecule has 1 aromatic carbocycles. The maximum absolute atomic E-state index is 13.3. The summed E-state index contributed by atoms with van der Waals surface area (Å²) in [4.78, 5) is 33.0. The van der Waals surface area contributed by atoms with Crippen molar-refractivity contribution >= 4 is 55.5 Å². The van der Waals surface area contributed by atoms with Gasteiger partial charge in [0.15, 0.2) is 0 Å². The Hall–Kier alpha value is -3.23. The van der Waals surface area contributed by atoms with Gasteiger partial charge in [-0.15, -0.1) is 22.7 Å². The average molecular weight is 506 g/mol. The molecule has 0 aliphatic heterocycles. The fourth-order valence-corrected chi connectivity index (χ4v) is 6.97. The Balaban J connectivity index is 1.47. The van der Waals surface area contributed by atoms with E-state index < -0.39 is 5.97 Å². The van der Waals surface area contributed by atoms with E-state index in [1.165, 1.54) is 35.3 Å². The summed E-state index contributed by atoms with van der Waals surface area (Å²) in [6, 6.07) is 14.3. The fraction of sp³-hybridized carbons (Fsp3) is 0.296. The van der Waals surface area contributed by atoms with Crippen LogP contribution >= 0.6 is 22.7 Å². The topological polar surface area (TPSA) is 94.3 Å². The van der Waals surface area contributed by atoms with E-state index in [-0.39, 0.29) is 11.8 Å². The summed E-state index contributed by atoms with van der Waals surface area (Å²) in [7, 11) is 1.37. The van der Waals surface area contributed by atoms with Gasteiger partial charge in [-0.2, -0.15) is 0 Å². The third-order valence-electron chi connectivity index (χ3n) is 6.57. The molecule has 35 heavy (non-hydrogen) atoms. The van der Waals surface area contributed by atoms with Crippen molar-refractivity contribution in [2.75, 3.05) is 18.2 Å². The highest BCUT2D eigenvalue weighted by Gasteiger charge is 2.31. The molecule has 0 fully saturated rings. The Morgan fingerprint density at radius 1 is 1.14 bits per heavy atom. The van der Waals surface area contributed by atoms with Gasteiger partial charge in [0.25, 0.3) is 5.91 Å². The van der Waals surface area contributed by atoms with E-state index in [0.717, 1.165) is 45.6 Å². The molecule has 0 bridgehead atoms. The number of nitrogens with zero attached hydrogens (tertiary/aromatic N) is 1. The van der Waals surface area contributed by atoms with Crippen molar-refractivity contribution in [3.05, 3.63) is 74.6 Å². The summed E-state index contributed by atoms with van der Waals surface area (Å²) in [5.41, 5.74) is 10.5. The molecule has 180 valence electrons. The third kappa shape index (κ3) is 4.32. The van der Waals surface area contributed by atoms with Gasteiger partial charge in [-0.3, -0.25) is 4.79 Å². The molecule has 1 atom stereocenters. The molecule has 3 aromatic heterocycles. The van der Waals surface area contributed by atoms with Gasteiger partial charge in [-0.1, -0.05) is 44.2 Å². The van der Waals surface area contributed by atoms with E-state index >= 15 is 0 Å². The Bertz CT molecular complexity index is 1420. The molecule has 8 heteroatoms. The van der Waals surface area contributed by atoms with Crippen LogP contribution in [0.2, 0.25) is 0 Å². The van der Waals surface area contributed by atoms with E-state index in [9.17, 15) is 9.59 Å². The number of pyridine rings is 1. The van der Waals surface area contributed by atoms with Gasteiger partial charge in [0, 0.05) is 16.0 Å². The highest BCUT2D eigenvalue weighted by atomic mass is 32.1. The summed E-state index contributed by atoms with van der Waals surface area (Å²) >= 11 is 2.74. The number of hydrogen-bond acceptors (Lipinski definition) is 7. The third-order valence-corrected chi connectivity index (χ3v) is 8.85. The van der Waals surface area contributed by atoms with Crippen LogP contribution in [0.4, 0.5) is 10.7 Å². The summed E-state index contributed by atoms with van der Waals surface area (Å²) < 4.78 is 5.09. The maximum atomic E-state index is 13.3. The van der Waals surface area contributed by atoms with E-state index in [0.29, 0.717) is 27.0 Å². The van der Waals surface area contributed by atoms with Crippen molar-refractivity contribution < 1.29 is 14.3 Å². The van der Waals surface area contributed by atoms with Crippen LogP contribution in [0.1, 0.15) is 73.8 Å². The number of anilines is 2. The van der Waals surface area contributed by atoms with Crippen molar-refractivity contribution in [2.45, 2.75) is 44.9 Å². The molecule has 0 radical (unpaired) electrons. The molecule has 0 saturated carbocycles. The van der Waals surface area contributed by atoms with Crippen molar-refractivity contribution in [1.82, 2.24) is 4.98 Å². The number of esters is 1. The smallest absolute Gasteiger partial charge is 0.341 e. The first kappa shape index (κ1) is 23.5. The predicted molar refractivity (Wildman–Crippen MR) is 143 cm³/mol. The number of methoxy groups -OCH3 is 1. The van der Waals surface area contributed by atoms with Crippen LogP contribution < -0.4 is 11.1 Å². The molecule has 0 spiro atoms. The van der Waals surface area contributed by atoms with Gasteiger partial charge < -0.3 is 15.8 Å².